The minimum absolute atomic E-state index is 0.00783. The summed E-state index contributed by atoms with van der Waals surface area (Å²) >= 11 is 0. The number of carboxylic acid groups (broad SMARTS) is 1. The van der Waals surface area contributed by atoms with Crippen LogP contribution in [0.3, 0.4) is 0 Å². The molecule has 1 rings (SSSR count). The number of benzene rings is 1. The molecule has 20 heavy (non-hydrogen) atoms. The van der Waals surface area contributed by atoms with Crippen molar-refractivity contribution in [2.75, 3.05) is 33.9 Å². The van der Waals surface area contributed by atoms with Crippen molar-refractivity contribution in [3.8, 4) is 5.75 Å². The lowest BCUT2D eigenvalue weighted by atomic mass is 10.0. The number of rotatable bonds is 9. The molecule has 0 spiro atoms. The number of hydrogen-bond donors (Lipinski definition) is 1. The topological polar surface area (TPSA) is 59.0 Å². The van der Waals surface area contributed by atoms with Crippen LogP contribution in [0.2, 0.25) is 0 Å². The number of carbonyl (C=O) groups is 1. The Morgan fingerprint density at radius 2 is 1.95 bits per heavy atom. The van der Waals surface area contributed by atoms with Gasteiger partial charge >= 0.3 is 5.97 Å². The fourth-order valence-electron chi connectivity index (χ4n) is 2.26. The van der Waals surface area contributed by atoms with E-state index in [9.17, 15) is 4.79 Å². The first-order chi connectivity index (χ1) is 9.62. The van der Waals surface area contributed by atoms with Crippen LogP contribution in [0, 0.1) is 0 Å². The summed E-state index contributed by atoms with van der Waals surface area (Å²) in [7, 11) is 3.24. The maximum atomic E-state index is 11.0. The zero-order valence-corrected chi connectivity index (χ0v) is 12.3. The molecule has 0 aromatic heterocycles. The number of aliphatic carboxylic acids is 1. The molecule has 5 nitrogen and oxygen atoms in total. The molecule has 1 atom stereocenters. The molecule has 0 heterocycles. The summed E-state index contributed by atoms with van der Waals surface area (Å²) in [6, 6.07) is 7.82. The first-order valence-electron chi connectivity index (χ1n) is 6.71. The van der Waals surface area contributed by atoms with Gasteiger partial charge in [-0.3, -0.25) is 9.69 Å². The molecule has 1 aromatic rings. The van der Waals surface area contributed by atoms with E-state index >= 15 is 0 Å². The van der Waals surface area contributed by atoms with Gasteiger partial charge in [0.1, 0.15) is 5.75 Å². The Hall–Kier alpha value is -1.59. The molecule has 0 bridgehead atoms. The van der Waals surface area contributed by atoms with Crippen LogP contribution in [0.15, 0.2) is 24.3 Å². The smallest absolute Gasteiger partial charge is 0.317 e. The molecule has 0 saturated carbocycles. The second-order valence-electron chi connectivity index (χ2n) is 4.55. The Morgan fingerprint density at radius 3 is 2.40 bits per heavy atom. The second-order valence-corrected chi connectivity index (χ2v) is 4.55. The summed E-state index contributed by atoms with van der Waals surface area (Å²) < 4.78 is 10.2. The summed E-state index contributed by atoms with van der Waals surface area (Å²) in [4.78, 5) is 12.9. The monoisotopic (exact) mass is 281 g/mol. The van der Waals surface area contributed by atoms with Gasteiger partial charge in [-0.25, -0.2) is 0 Å². The molecule has 0 radical (unpaired) electrons. The van der Waals surface area contributed by atoms with Gasteiger partial charge in [-0.1, -0.05) is 19.1 Å². The lowest BCUT2D eigenvalue weighted by Crippen LogP contribution is -2.36. The van der Waals surface area contributed by atoms with Crippen molar-refractivity contribution in [1.29, 1.82) is 0 Å². The van der Waals surface area contributed by atoms with Crippen LogP contribution in [0.1, 0.15) is 24.9 Å². The normalized spacial score (nSPS) is 12.4. The number of nitrogens with zero attached hydrogens (tertiary/aromatic N) is 1. The number of ether oxygens (including phenoxy) is 2. The Balaban J connectivity index is 2.88. The van der Waals surface area contributed by atoms with E-state index in [-0.39, 0.29) is 12.6 Å². The summed E-state index contributed by atoms with van der Waals surface area (Å²) in [5, 5.41) is 9.05. The van der Waals surface area contributed by atoms with Gasteiger partial charge in [-0.2, -0.15) is 0 Å². The molecule has 0 amide bonds. The van der Waals surface area contributed by atoms with Gasteiger partial charge < -0.3 is 14.6 Å². The van der Waals surface area contributed by atoms with Gasteiger partial charge in [0.05, 0.1) is 20.3 Å². The zero-order valence-electron chi connectivity index (χ0n) is 12.3. The van der Waals surface area contributed by atoms with E-state index in [0.29, 0.717) is 13.2 Å². The van der Waals surface area contributed by atoms with E-state index in [1.807, 2.05) is 29.2 Å². The summed E-state index contributed by atoms with van der Waals surface area (Å²) in [5.74, 6) is -0.0293. The molecule has 0 aliphatic heterocycles. The van der Waals surface area contributed by atoms with E-state index in [0.717, 1.165) is 17.7 Å². The highest BCUT2D eigenvalue weighted by atomic mass is 16.5. The van der Waals surface area contributed by atoms with Gasteiger partial charge in [-0.15, -0.1) is 0 Å². The van der Waals surface area contributed by atoms with Gasteiger partial charge in [0.15, 0.2) is 0 Å². The highest BCUT2D eigenvalue weighted by Crippen LogP contribution is 2.25. The molecule has 0 saturated heterocycles. The van der Waals surface area contributed by atoms with Crippen molar-refractivity contribution >= 4 is 5.97 Å². The summed E-state index contributed by atoms with van der Waals surface area (Å²) in [6.45, 7) is 3.16. The predicted octanol–water partition coefficient (Wildman–Crippen LogP) is 2.18. The summed E-state index contributed by atoms with van der Waals surface area (Å²) in [5.41, 5.74) is 1.09. The second kappa shape index (κ2) is 8.55. The van der Waals surface area contributed by atoms with Crippen LogP contribution >= 0.6 is 0 Å². The highest BCUT2D eigenvalue weighted by Gasteiger charge is 2.20. The third kappa shape index (κ3) is 4.83. The van der Waals surface area contributed by atoms with E-state index < -0.39 is 5.97 Å². The maximum Gasteiger partial charge on any atom is 0.317 e. The van der Waals surface area contributed by atoms with Crippen LogP contribution in [0.25, 0.3) is 0 Å². The number of methoxy groups -OCH3 is 2. The highest BCUT2D eigenvalue weighted by molar-refractivity contribution is 5.69. The lowest BCUT2D eigenvalue weighted by Gasteiger charge is -2.30. The Labute approximate surface area is 120 Å². The van der Waals surface area contributed by atoms with Crippen molar-refractivity contribution in [2.24, 2.45) is 0 Å². The third-order valence-corrected chi connectivity index (χ3v) is 3.25. The van der Waals surface area contributed by atoms with E-state index in [1.165, 1.54) is 0 Å². The zero-order chi connectivity index (χ0) is 15.0. The molecule has 1 unspecified atom stereocenters. The quantitative estimate of drug-likeness (QED) is 0.752. The van der Waals surface area contributed by atoms with Crippen molar-refractivity contribution in [2.45, 2.75) is 19.4 Å². The third-order valence-electron chi connectivity index (χ3n) is 3.25. The van der Waals surface area contributed by atoms with Crippen LogP contribution in [0.5, 0.6) is 5.75 Å². The summed E-state index contributed by atoms with van der Waals surface area (Å²) in [6.07, 6.45) is 0.837. The van der Waals surface area contributed by atoms with E-state index in [2.05, 4.69) is 6.92 Å². The molecule has 1 N–H and O–H groups in total. The predicted molar refractivity (Wildman–Crippen MR) is 77.1 cm³/mol. The van der Waals surface area contributed by atoms with E-state index in [4.69, 9.17) is 14.6 Å². The van der Waals surface area contributed by atoms with Crippen molar-refractivity contribution in [1.82, 2.24) is 4.90 Å². The minimum Gasteiger partial charge on any atom is -0.497 e. The number of carboxylic acids is 1. The molecule has 1 aromatic carbocycles. The Bertz CT molecular complexity index is 405. The largest absolute Gasteiger partial charge is 0.497 e. The lowest BCUT2D eigenvalue weighted by molar-refractivity contribution is -0.139. The minimum atomic E-state index is -0.826. The Morgan fingerprint density at radius 1 is 1.30 bits per heavy atom. The van der Waals surface area contributed by atoms with Crippen LogP contribution in [-0.4, -0.2) is 49.9 Å². The van der Waals surface area contributed by atoms with Crippen LogP contribution in [-0.2, 0) is 9.53 Å². The average Bonchev–Trinajstić information content (AvgIpc) is 2.45. The fraction of sp³-hybridized carbons (Fsp3) is 0.533. The first kappa shape index (κ1) is 16.5. The average molecular weight is 281 g/mol. The Kier molecular flexibility index (Phi) is 7.04. The van der Waals surface area contributed by atoms with Gasteiger partial charge in [0.25, 0.3) is 0 Å². The first-order valence-corrected chi connectivity index (χ1v) is 6.71. The molecule has 5 heteroatoms. The molecule has 112 valence electrons. The number of hydrogen-bond acceptors (Lipinski definition) is 4. The van der Waals surface area contributed by atoms with Crippen LogP contribution < -0.4 is 4.74 Å². The maximum absolute atomic E-state index is 11.0. The molecule has 0 aliphatic rings. The van der Waals surface area contributed by atoms with Gasteiger partial charge in [0.2, 0.25) is 0 Å². The van der Waals surface area contributed by atoms with Crippen molar-refractivity contribution in [3.05, 3.63) is 29.8 Å². The van der Waals surface area contributed by atoms with E-state index in [1.54, 1.807) is 14.2 Å². The molecule has 0 fully saturated rings. The molecular weight excluding hydrogens is 258 g/mol. The van der Waals surface area contributed by atoms with Gasteiger partial charge in [0, 0.05) is 19.7 Å². The molecule has 0 aliphatic carbocycles. The van der Waals surface area contributed by atoms with Crippen LogP contribution in [0.4, 0.5) is 0 Å². The van der Waals surface area contributed by atoms with Gasteiger partial charge in [-0.05, 0) is 24.1 Å². The fourth-order valence-corrected chi connectivity index (χ4v) is 2.26. The van der Waals surface area contributed by atoms with Crippen molar-refractivity contribution < 1.29 is 19.4 Å². The standard InChI is InChI=1S/C15H23NO4/c1-4-14(12-5-7-13(20-3)8-6-12)16(9-10-19-2)11-15(17)18/h5-8,14H,4,9-11H2,1-3H3,(H,17,18). The van der Waals surface area contributed by atoms with Crippen molar-refractivity contribution in [3.63, 3.8) is 0 Å². The SMILES string of the molecule is CCC(c1ccc(OC)cc1)N(CCOC)CC(=O)O. The molecular formula is C15H23NO4.